The van der Waals surface area contributed by atoms with Crippen LogP contribution in [-0.4, -0.2) is 59.2 Å². The summed E-state index contributed by atoms with van der Waals surface area (Å²) < 4.78 is 28.0. The summed E-state index contributed by atoms with van der Waals surface area (Å²) in [6, 6.07) is 11.4. The number of amides is 1. The Morgan fingerprint density at radius 3 is 2.59 bits per heavy atom. The summed E-state index contributed by atoms with van der Waals surface area (Å²) in [6.07, 6.45) is 5.24. The summed E-state index contributed by atoms with van der Waals surface area (Å²) in [6.45, 7) is 2.27. The molecule has 1 amide bonds. The molecule has 0 N–H and O–H groups in total. The molecule has 2 fully saturated rings. The van der Waals surface area contributed by atoms with E-state index in [9.17, 15) is 13.2 Å². The molecule has 0 spiro atoms. The first-order valence-corrected chi connectivity index (χ1v) is 11.1. The monoisotopic (exact) mass is 388 g/mol. The molecular formula is C19H24N4O3S. The molecule has 2 saturated heterocycles. The number of nitrogens with zero attached hydrogens (tertiary/aromatic N) is 4. The molecular weight excluding hydrogens is 364 g/mol. The molecule has 2 aliphatic heterocycles. The summed E-state index contributed by atoms with van der Waals surface area (Å²) in [5, 5.41) is 4.13. The lowest BCUT2D eigenvalue weighted by Crippen LogP contribution is -2.37. The first kappa shape index (κ1) is 18.2. The Bertz CT molecular complexity index is 898. The maximum absolute atomic E-state index is 12.6. The van der Waals surface area contributed by atoms with E-state index >= 15 is 0 Å². The van der Waals surface area contributed by atoms with Crippen molar-refractivity contribution in [3.05, 3.63) is 54.4 Å². The maximum Gasteiger partial charge on any atom is 0.224 e. The van der Waals surface area contributed by atoms with Crippen LogP contribution in [0.3, 0.4) is 0 Å². The molecule has 7 nitrogen and oxygen atoms in total. The predicted molar refractivity (Wildman–Crippen MR) is 101 cm³/mol. The quantitative estimate of drug-likeness (QED) is 0.775. The molecule has 3 heterocycles. The van der Waals surface area contributed by atoms with Gasteiger partial charge in [-0.25, -0.2) is 8.42 Å². The number of hydrogen-bond acceptors (Lipinski definition) is 4. The van der Waals surface area contributed by atoms with Crippen LogP contribution < -0.4 is 0 Å². The third kappa shape index (κ3) is 3.64. The van der Waals surface area contributed by atoms with Crippen molar-refractivity contribution in [3.63, 3.8) is 0 Å². The SMILES string of the molecule is CS(=O)(=O)N1C[C@H]2CN(C(=O)CCn3cccn3)C[C@H]2[C@@H]1c1ccccc1. The van der Waals surface area contributed by atoms with Gasteiger partial charge in [0.05, 0.1) is 12.3 Å². The highest BCUT2D eigenvalue weighted by Gasteiger charge is 2.51. The second-order valence-electron chi connectivity index (χ2n) is 7.43. The lowest BCUT2D eigenvalue weighted by molar-refractivity contribution is -0.130. The number of sulfonamides is 1. The fraction of sp³-hybridized carbons (Fsp3) is 0.474. The van der Waals surface area contributed by atoms with Gasteiger partial charge in [0, 0.05) is 50.9 Å². The minimum Gasteiger partial charge on any atom is -0.342 e. The van der Waals surface area contributed by atoms with Crippen molar-refractivity contribution < 1.29 is 13.2 Å². The minimum absolute atomic E-state index is 0.109. The number of carbonyl (C=O) groups excluding carboxylic acids is 1. The Hall–Kier alpha value is -2.19. The van der Waals surface area contributed by atoms with Gasteiger partial charge in [-0.15, -0.1) is 0 Å². The average Bonchev–Trinajstić information content (AvgIpc) is 3.35. The first-order chi connectivity index (χ1) is 12.9. The largest absolute Gasteiger partial charge is 0.342 e. The summed E-state index contributed by atoms with van der Waals surface area (Å²) in [5.41, 5.74) is 1.00. The summed E-state index contributed by atoms with van der Waals surface area (Å²) >= 11 is 0. The number of rotatable bonds is 5. The summed E-state index contributed by atoms with van der Waals surface area (Å²) in [4.78, 5) is 14.5. The zero-order chi connectivity index (χ0) is 19.0. The van der Waals surface area contributed by atoms with E-state index in [0.717, 1.165) is 5.56 Å². The van der Waals surface area contributed by atoms with Crippen LogP contribution in [0.1, 0.15) is 18.0 Å². The molecule has 0 aliphatic carbocycles. The molecule has 0 unspecified atom stereocenters. The van der Waals surface area contributed by atoms with Crippen LogP contribution in [0.5, 0.6) is 0 Å². The van der Waals surface area contributed by atoms with Gasteiger partial charge in [0.15, 0.2) is 0 Å². The zero-order valence-electron chi connectivity index (χ0n) is 15.3. The van der Waals surface area contributed by atoms with E-state index in [-0.39, 0.29) is 23.8 Å². The van der Waals surface area contributed by atoms with Gasteiger partial charge in [-0.2, -0.15) is 9.40 Å². The smallest absolute Gasteiger partial charge is 0.224 e. The van der Waals surface area contributed by atoms with Crippen molar-refractivity contribution in [1.29, 1.82) is 0 Å². The highest BCUT2D eigenvalue weighted by molar-refractivity contribution is 7.88. The van der Waals surface area contributed by atoms with Gasteiger partial charge in [0.2, 0.25) is 15.9 Å². The van der Waals surface area contributed by atoms with Gasteiger partial charge < -0.3 is 4.90 Å². The highest BCUT2D eigenvalue weighted by Crippen LogP contribution is 2.46. The molecule has 2 aliphatic rings. The van der Waals surface area contributed by atoms with Gasteiger partial charge in [-0.3, -0.25) is 9.48 Å². The molecule has 27 heavy (non-hydrogen) atoms. The predicted octanol–water partition coefficient (Wildman–Crippen LogP) is 1.36. The zero-order valence-corrected chi connectivity index (χ0v) is 16.1. The number of aromatic nitrogens is 2. The van der Waals surface area contributed by atoms with Crippen LogP contribution in [0, 0.1) is 11.8 Å². The van der Waals surface area contributed by atoms with Crippen molar-refractivity contribution in [3.8, 4) is 0 Å². The van der Waals surface area contributed by atoms with E-state index in [1.807, 2.05) is 47.5 Å². The second-order valence-corrected chi connectivity index (χ2v) is 9.37. The number of carbonyl (C=O) groups is 1. The number of likely N-dealkylation sites (tertiary alicyclic amines) is 1. The van der Waals surface area contributed by atoms with E-state index < -0.39 is 10.0 Å². The Morgan fingerprint density at radius 1 is 1.15 bits per heavy atom. The minimum atomic E-state index is -3.30. The van der Waals surface area contributed by atoms with Crippen molar-refractivity contribution >= 4 is 15.9 Å². The molecule has 3 atom stereocenters. The van der Waals surface area contributed by atoms with E-state index in [0.29, 0.717) is 32.6 Å². The number of fused-ring (bicyclic) bond motifs is 1. The van der Waals surface area contributed by atoms with Gasteiger partial charge in [-0.05, 0) is 17.5 Å². The molecule has 0 saturated carbocycles. The molecule has 1 aromatic heterocycles. The number of hydrogen-bond donors (Lipinski definition) is 0. The molecule has 0 bridgehead atoms. The van der Waals surface area contributed by atoms with E-state index in [1.54, 1.807) is 15.2 Å². The van der Waals surface area contributed by atoms with E-state index in [2.05, 4.69) is 5.10 Å². The fourth-order valence-electron chi connectivity index (χ4n) is 4.42. The standard InChI is InChI=1S/C19H24N4O3S/c1-27(25,26)23-13-16-12-21(18(24)8-11-22-10-5-9-20-22)14-17(16)19(23)15-6-3-2-4-7-15/h2-7,9-10,16-17,19H,8,11-14H2,1H3/t16-,17-,19+/m1/s1. The van der Waals surface area contributed by atoms with Crippen molar-refractivity contribution in [2.24, 2.45) is 11.8 Å². The van der Waals surface area contributed by atoms with Crippen LogP contribution in [-0.2, 0) is 21.4 Å². The molecule has 1 aromatic carbocycles. The third-order valence-corrected chi connectivity index (χ3v) is 6.88. The Kier molecular flexibility index (Phi) is 4.77. The van der Waals surface area contributed by atoms with Crippen LogP contribution in [0.4, 0.5) is 0 Å². The Labute approximate surface area is 159 Å². The van der Waals surface area contributed by atoms with E-state index in [4.69, 9.17) is 0 Å². The third-order valence-electron chi connectivity index (χ3n) is 5.66. The fourth-order valence-corrected chi connectivity index (χ4v) is 5.57. The van der Waals surface area contributed by atoms with Crippen LogP contribution in [0.2, 0.25) is 0 Å². The Morgan fingerprint density at radius 2 is 1.93 bits per heavy atom. The second kappa shape index (κ2) is 7.09. The normalized spacial score (nSPS) is 25.7. The average molecular weight is 388 g/mol. The topological polar surface area (TPSA) is 75.5 Å². The number of aryl methyl sites for hydroxylation is 1. The first-order valence-electron chi connectivity index (χ1n) is 9.20. The summed E-state index contributed by atoms with van der Waals surface area (Å²) in [5.74, 6) is 0.423. The van der Waals surface area contributed by atoms with Crippen LogP contribution >= 0.6 is 0 Å². The lowest BCUT2D eigenvalue weighted by Gasteiger charge is -2.28. The van der Waals surface area contributed by atoms with Gasteiger partial charge >= 0.3 is 0 Å². The Balaban J connectivity index is 1.49. The van der Waals surface area contributed by atoms with E-state index in [1.165, 1.54) is 6.26 Å². The van der Waals surface area contributed by atoms with Gasteiger partial charge in [0.1, 0.15) is 0 Å². The summed E-state index contributed by atoms with van der Waals surface area (Å²) in [7, 11) is -3.30. The highest BCUT2D eigenvalue weighted by atomic mass is 32.2. The molecule has 144 valence electrons. The van der Waals surface area contributed by atoms with Gasteiger partial charge in [0.25, 0.3) is 0 Å². The van der Waals surface area contributed by atoms with Crippen molar-refractivity contribution in [1.82, 2.24) is 19.0 Å². The van der Waals surface area contributed by atoms with Crippen molar-refractivity contribution in [2.45, 2.75) is 19.0 Å². The molecule has 0 radical (unpaired) electrons. The lowest BCUT2D eigenvalue weighted by atomic mass is 9.90. The number of benzene rings is 1. The van der Waals surface area contributed by atoms with Gasteiger partial charge in [-0.1, -0.05) is 30.3 Å². The van der Waals surface area contributed by atoms with Crippen LogP contribution in [0.15, 0.2) is 48.8 Å². The van der Waals surface area contributed by atoms with Crippen LogP contribution in [0.25, 0.3) is 0 Å². The molecule has 4 rings (SSSR count). The van der Waals surface area contributed by atoms with Crippen molar-refractivity contribution in [2.75, 3.05) is 25.9 Å². The molecule has 2 aromatic rings. The maximum atomic E-state index is 12.6. The molecule has 8 heteroatoms.